The lowest BCUT2D eigenvalue weighted by molar-refractivity contribution is -0.0474. The number of alkyl halides is 2. The van der Waals surface area contributed by atoms with Crippen molar-refractivity contribution in [1.29, 1.82) is 0 Å². The van der Waals surface area contributed by atoms with Crippen LogP contribution in [-0.2, 0) is 11.3 Å². The zero-order valence-corrected chi connectivity index (χ0v) is 12.4. The summed E-state index contributed by atoms with van der Waals surface area (Å²) in [7, 11) is 0. The van der Waals surface area contributed by atoms with Gasteiger partial charge in [-0.15, -0.1) is 0 Å². The van der Waals surface area contributed by atoms with Gasteiger partial charge in [-0.1, -0.05) is 34.1 Å². The van der Waals surface area contributed by atoms with Crippen LogP contribution >= 0.6 is 15.9 Å². The van der Waals surface area contributed by atoms with Crippen LogP contribution in [-0.4, -0.2) is 0 Å². The molecule has 21 heavy (non-hydrogen) atoms. The Hall–Kier alpha value is -1.36. The summed E-state index contributed by atoms with van der Waals surface area (Å²) < 4.78 is 57.2. The van der Waals surface area contributed by atoms with Gasteiger partial charge >= 0.3 is 0 Å². The molecule has 3 rings (SSSR count). The molecule has 2 aromatic rings. The minimum atomic E-state index is -3.20. The lowest BCUT2D eigenvalue weighted by Gasteiger charge is -2.28. The highest BCUT2D eigenvalue weighted by Crippen LogP contribution is 2.62. The van der Waals surface area contributed by atoms with E-state index in [2.05, 4.69) is 15.9 Å². The monoisotopic (exact) mass is 358 g/mol. The second-order valence-electron chi connectivity index (χ2n) is 5.29. The fraction of sp³-hybridized carbons (Fsp3) is 0.250. The van der Waals surface area contributed by atoms with E-state index in [-0.39, 0.29) is 24.0 Å². The summed E-state index contributed by atoms with van der Waals surface area (Å²) in [6.07, 6.45) is 0.358. The molecule has 1 aliphatic carbocycles. The topological polar surface area (TPSA) is 0 Å². The molecule has 1 aliphatic rings. The van der Waals surface area contributed by atoms with Crippen molar-refractivity contribution < 1.29 is 17.6 Å². The number of benzene rings is 2. The highest BCUT2D eigenvalue weighted by Gasteiger charge is 2.64. The standard InChI is InChI=1S/C16H11BrF4/c17-11-3-1-10(2-4-11)16(20,21)15(7-8-15)13-6-5-12(18)9-14(13)19/h1-6,9H,7-8H2. The van der Waals surface area contributed by atoms with Gasteiger partial charge in [0.15, 0.2) is 0 Å². The smallest absolute Gasteiger partial charge is 0.207 e. The molecular weight excluding hydrogens is 348 g/mol. The Morgan fingerprint density at radius 3 is 2.10 bits per heavy atom. The maximum Gasteiger partial charge on any atom is 0.282 e. The summed E-state index contributed by atoms with van der Waals surface area (Å²) in [4.78, 5) is 0. The van der Waals surface area contributed by atoms with E-state index < -0.39 is 23.0 Å². The lowest BCUT2D eigenvalue weighted by atomic mass is 9.84. The summed E-state index contributed by atoms with van der Waals surface area (Å²) in [5, 5.41) is 0. The summed E-state index contributed by atoms with van der Waals surface area (Å²) >= 11 is 3.20. The molecule has 0 radical (unpaired) electrons. The van der Waals surface area contributed by atoms with Gasteiger partial charge in [-0.05, 0) is 31.0 Å². The number of halogens is 5. The lowest BCUT2D eigenvalue weighted by Crippen LogP contribution is -2.32. The van der Waals surface area contributed by atoms with E-state index in [1.165, 1.54) is 24.3 Å². The third-order valence-electron chi connectivity index (χ3n) is 4.00. The Labute approximate surface area is 127 Å². The molecule has 0 unspecified atom stereocenters. The molecule has 5 heteroatoms. The van der Waals surface area contributed by atoms with Crippen LogP contribution in [0.1, 0.15) is 24.0 Å². The summed E-state index contributed by atoms with van der Waals surface area (Å²) in [5.74, 6) is -4.88. The first-order valence-corrected chi connectivity index (χ1v) is 7.25. The van der Waals surface area contributed by atoms with E-state index in [0.29, 0.717) is 10.5 Å². The third kappa shape index (κ3) is 2.27. The first-order chi connectivity index (χ1) is 9.87. The van der Waals surface area contributed by atoms with Crippen molar-refractivity contribution in [2.24, 2.45) is 0 Å². The van der Waals surface area contributed by atoms with Crippen molar-refractivity contribution >= 4 is 15.9 Å². The third-order valence-corrected chi connectivity index (χ3v) is 4.53. The Balaban J connectivity index is 2.06. The molecule has 0 nitrogen and oxygen atoms in total. The van der Waals surface area contributed by atoms with Crippen LogP contribution in [0.15, 0.2) is 46.9 Å². The van der Waals surface area contributed by atoms with Gasteiger partial charge in [0.25, 0.3) is 5.92 Å². The maximum atomic E-state index is 14.8. The molecule has 1 saturated carbocycles. The molecule has 1 fully saturated rings. The van der Waals surface area contributed by atoms with Crippen molar-refractivity contribution in [1.82, 2.24) is 0 Å². The van der Waals surface area contributed by atoms with Gasteiger partial charge < -0.3 is 0 Å². The van der Waals surface area contributed by atoms with Gasteiger partial charge in [-0.3, -0.25) is 0 Å². The van der Waals surface area contributed by atoms with E-state index in [1.807, 2.05) is 0 Å². The second-order valence-corrected chi connectivity index (χ2v) is 6.20. The second kappa shape index (κ2) is 4.83. The quantitative estimate of drug-likeness (QED) is 0.631. The number of hydrogen-bond acceptors (Lipinski definition) is 0. The number of rotatable bonds is 3. The SMILES string of the molecule is Fc1ccc(C2(C(F)(F)c3ccc(Br)cc3)CC2)c(F)c1. The van der Waals surface area contributed by atoms with Crippen LogP contribution < -0.4 is 0 Å². The maximum absolute atomic E-state index is 14.8. The average Bonchev–Trinajstić information content (AvgIpc) is 3.21. The molecule has 0 aromatic heterocycles. The van der Waals surface area contributed by atoms with E-state index in [0.717, 1.165) is 12.1 Å². The van der Waals surface area contributed by atoms with Crippen LogP contribution in [0, 0.1) is 11.6 Å². The molecule has 110 valence electrons. The molecule has 0 spiro atoms. The van der Waals surface area contributed by atoms with Gasteiger partial charge in [-0.25, -0.2) is 17.6 Å². The predicted molar refractivity (Wildman–Crippen MR) is 75.3 cm³/mol. The van der Waals surface area contributed by atoms with Crippen molar-refractivity contribution in [3.63, 3.8) is 0 Å². The fourth-order valence-electron chi connectivity index (χ4n) is 2.69. The van der Waals surface area contributed by atoms with Crippen LogP contribution in [0.2, 0.25) is 0 Å². The summed E-state index contributed by atoms with van der Waals surface area (Å²) in [5.41, 5.74) is -1.85. The van der Waals surface area contributed by atoms with Gasteiger partial charge in [0.1, 0.15) is 11.6 Å². The largest absolute Gasteiger partial charge is 0.282 e. The van der Waals surface area contributed by atoms with Crippen LogP contribution in [0.5, 0.6) is 0 Å². The molecule has 0 bridgehead atoms. The minimum absolute atomic E-state index is 0.114. The molecule has 0 N–H and O–H groups in total. The number of hydrogen-bond donors (Lipinski definition) is 0. The summed E-state index contributed by atoms with van der Waals surface area (Å²) in [6.45, 7) is 0. The molecular formula is C16H11BrF4. The zero-order chi connectivity index (χ0) is 15.3. The van der Waals surface area contributed by atoms with Crippen LogP contribution in [0.4, 0.5) is 17.6 Å². The highest BCUT2D eigenvalue weighted by atomic mass is 79.9. The van der Waals surface area contributed by atoms with Gasteiger partial charge in [-0.2, -0.15) is 0 Å². The Morgan fingerprint density at radius 1 is 0.952 bits per heavy atom. The molecule has 0 aliphatic heterocycles. The van der Waals surface area contributed by atoms with Gasteiger partial charge in [0, 0.05) is 21.7 Å². The first kappa shape index (κ1) is 14.6. The van der Waals surface area contributed by atoms with E-state index in [4.69, 9.17) is 0 Å². The van der Waals surface area contributed by atoms with Crippen LogP contribution in [0.3, 0.4) is 0 Å². The van der Waals surface area contributed by atoms with Crippen molar-refractivity contribution in [3.05, 3.63) is 69.7 Å². The fourth-order valence-corrected chi connectivity index (χ4v) is 2.95. The van der Waals surface area contributed by atoms with Crippen molar-refractivity contribution in [2.75, 3.05) is 0 Å². The molecule has 0 amide bonds. The average molecular weight is 359 g/mol. The molecule has 0 saturated heterocycles. The minimum Gasteiger partial charge on any atom is -0.207 e. The normalized spacial score (nSPS) is 16.8. The Kier molecular flexibility index (Phi) is 3.35. The Bertz CT molecular complexity index is 675. The first-order valence-electron chi connectivity index (χ1n) is 6.46. The molecule has 2 aromatic carbocycles. The summed E-state index contributed by atoms with van der Waals surface area (Å²) in [6, 6.07) is 8.52. The molecule has 0 atom stereocenters. The van der Waals surface area contributed by atoms with E-state index in [1.54, 1.807) is 0 Å². The van der Waals surface area contributed by atoms with Gasteiger partial charge in [0.2, 0.25) is 0 Å². The highest BCUT2D eigenvalue weighted by molar-refractivity contribution is 9.10. The predicted octanol–water partition coefficient (Wildman–Crippen LogP) is 5.55. The van der Waals surface area contributed by atoms with Crippen LogP contribution in [0.25, 0.3) is 0 Å². The van der Waals surface area contributed by atoms with Crippen molar-refractivity contribution in [3.8, 4) is 0 Å². The van der Waals surface area contributed by atoms with Gasteiger partial charge in [0.05, 0.1) is 5.41 Å². The van der Waals surface area contributed by atoms with Crippen molar-refractivity contribution in [2.45, 2.75) is 24.2 Å². The molecule has 0 heterocycles. The van der Waals surface area contributed by atoms with E-state index in [9.17, 15) is 17.6 Å². The van der Waals surface area contributed by atoms with E-state index >= 15 is 0 Å². The zero-order valence-electron chi connectivity index (χ0n) is 10.8. The Morgan fingerprint density at radius 2 is 1.57 bits per heavy atom.